The fraction of sp³-hybridized carbons (Fsp3) is 0.286. The monoisotopic (exact) mass is 242 g/mol. The van der Waals surface area contributed by atoms with E-state index in [0.717, 1.165) is 17.0 Å². The van der Waals surface area contributed by atoms with E-state index in [1.807, 2.05) is 50.2 Å². The summed E-state index contributed by atoms with van der Waals surface area (Å²) in [4.78, 5) is 12.4. The van der Waals surface area contributed by atoms with Crippen LogP contribution in [0.15, 0.2) is 36.4 Å². The van der Waals surface area contributed by atoms with Crippen molar-refractivity contribution in [1.29, 1.82) is 0 Å². The van der Waals surface area contributed by atoms with Gasteiger partial charge >= 0.3 is 0 Å². The zero-order chi connectivity index (χ0) is 12.9. The predicted octanol–water partition coefficient (Wildman–Crippen LogP) is 0.689. The van der Waals surface area contributed by atoms with Crippen molar-refractivity contribution in [3.05, 3.63) is 53.3 Å². The summed E-state index contributed by atoms with van der Waals surface area (Å²) in [6.07, 6.45) is -1.08. The molecule has 2 unspecified atom stereocenters. The molecule has 2 aromatic rings. The van der Waals surface area contributed by atoms with E-state index in [2.05, 4.69) is 0 Å². The number of nitrogens with zero attached hydrogens (tertiary/aromatic N) is 2. The molecule has 0 saturated carbocycles. The Balaban J connectivity index is 2.13. The predicted molar refractivity (Wildman–Crippen MR) is 62.9 cm³/mol. The molecule has 0 bridgehead atoms. The fourth-order valence-corrected chi connectivity index (χ4v) is 2.71. The van der Waals surface area contributed by atoms with Gasteiger partial charge in [-0.25, -0.2) is 0 Å². The van der Waals surface area contributed by atoms with E-state index in [9.17, 15) is 9.90 Å². The molecule has 1 aliphatic rings. The highest BCUT2D eigenvalue weighted by Gasteiger charge is 2.44. The van der Waals surface area contributed by atoms with Crippen LogP contribution in [-0.4, -0.2) is 10.6 Å². The van der Waals surface area contributed by atoms with Gasteiger partial charge in [0.05, 0.1) is 5.69 Å². The van der Waals surface area contributed by atoms with Gasteiger partial charge < -0.3 is 5.11 Å². The van der Waals surface area contributed by atoms with Gasteiger partial charge in [0.1, 0.15) is 12.1 Å². The molecule has 0 saturated heterocycles. The van der Waals surface area contributed by atoms with Crippen LogP contribution in [0.4, 0.5) is 0 Å². The Hall–Kier alpha value is -1.94. The van der Waals surface area contributed by atoms with E-state index in [0.29, 0.717) is 0 Å². The summed E-state index contributed by atoms with van der Waals surface area (Å²) in [6.45, 7) is 3.70. The Morgan fingerprint density at radius 2 is 1.89 bits per heavy atom. The van der Waals surface area contributed by atoms with Crippen LogP contribution in [0, 0.1) is 13.8 Å². The normalized spacial score (nSPS) is 22.3. The molecule has 4 nitrogen and oxygen atoms in total. The lowest BCUT2D eigenvalue weighted by Gasteiger charge is -2.16. The smallest absolute Gasteiger partial charge is 0.295 e. The third-order valence-corrected chi connectivity index (χ3v) is 3.49. The number of carbonyl (C=O) groups is 1. The standard InChI is InChI=1S/C14H14N2O2/c1-9-8-10(2)16-14(18)12(13(17)15(9)16)11-6-4-3-5-7-11/h3-8,12-13H,1-2H3. The lowest BCUT2D eigenvalue weighted by molar-refractivity contribution is -0.888. The maximum atomic E-state index is 12.4. The summed E-state index contributed by atoms with van der Waals surface area (Å²) in [5.41, 5.74) is 2.44. The van der Waals surface area contributed by atoms with E-state index in [1.165, 1.54) is 4.68 Å². The van der Waals surface area contributed by atoms with E-state index in [4.69, 9.17) is 0 Å². The number of hydrogen-bond donors (Lipinski definition) is 0. The molecule has 0 fully saturated rings. The van der Waals surface area contributed by atoms with Crippen LogP contribution >= 0.6 is 0 Å². The van der Waals surface area contributed by atoms with Crippen LogP contribution in [0.3, 0.4) is 0 Å². The number of rotatable bonds is 1. The molecule has 0 N–H and O–H groups in total. The highest BCUT2D eigenvalue weighted by molar-refractivity contribution is 5.86. The molecule has 1 aliphatic heterocycles. The second kappa shape index (κ2) is 3.78. The second-order valence-electron chi connectivity index (χ2n) is 4.70. The van der Waals surface area contributed by atoms with Gasteiger partial charge in [0.2, 0.25) is 5.69 Å². The van der Waals surface area contributed by atoms with E-state index < -0.39 is 12.1 Å². The molecule has 92 valence electrons. The van der Waals surface area contributed by atoms with Gasteiger partial charge in [0.15, 0.2) is 0 Å². The number of fused-ring (bicyclic) bond motifs is 1. The molecule has 18 heavy (non-hydrogen) atoms. The number of aryl methyl sites for hydroxylation is 2. The fourth-order valence-electron chi connectivity index (χ4n) is 2.71. The van der Waals surface area contributed by atoms with Crippen LogP contribution < -0.4 is 9.79 Å². The minimum atomic E-state index is -1.08. The van der Waals surface area contributed by atoms with Crippen LogP contribution in [0.1, 0.15) is 33.9 Å². The first-order valence-electron chi connectivity index (χ1n) is 5.97. The first kappa shape index (κ1) is 11.2. The largest absolute Gasteiger partial charge is 0.795 e. The summed E-state index contributed by atoms with van der Waals surface area (Å²) in [7, 11) is 0. The van der Waals surface area contributed by atoms with Gasteiger partial charge in [-0.15, -0.1) is 4.68 Å². The summed E-state index contributed by atoms with van der Waals surface area (Å²) in [6, 6.07) is 11.1. The highest BCUT2D eigenvalue weighted by Crippen LogP contribution is 2.29. The van der Waals surface area contributed by atoms with E-state index >= 15 is 0 Å². The van der Waals surface area contributed by atoms with Crippen molar-refractivity contribution in [2.75, 3.05) is 0 Å². The van der Waals surface area contributed by atoms with Crippen molar-refractivity contribution in [3.63, 3.8) is 0 Å². The minimum Gasteiger partial charge on any atom is -0.795 e. The Kier molecular flexibility index (Phi) is 2.35. The third-order valence-electron chi connectivity index (χ3n) is 3.49. The van der Waals surface area contributed by atoms with Crippen molar-refractivity contribution in [2.45, 2.75) is 26.0 Å². The molecule has 2 heterocycles. The van der Waals surface area contributed by atoms with Crippen LogP contribution in [0.5, 0.6) is 0 Å². The Morgan fingerprint density at radius 1 is 1.22 bits per heavy atom. The Morgan fingerprint density at radius 3 is 2.50 bits per heavy atom. The highest BCUT2D eigenvalue weighted by atomic mass is 16.3. The van der Waals surface area contributed by atoms with E-state index in [-0.39, 0.29) is 5.91 Å². The molecule has 0 radical (unpaired) electrons. The minimum absolute atomic E-state index is 0.133. The van der Waals surface area contributed by atoms with Crippen molar-refractivity contribution in [1.82, 2.24) is 4.68 Å². The van der Waals surface area contributed by atoms with Crippen LogP contribution in [0.2, 0.25) is 0 Å². The molecular weight excluding hydrogens is 228 g/mol. The van der Waals surface area contributed by atoms with Gasteiger partial charge in [-0.1, -0.05) is 35.0 Å². The lowest BCUT2D eigenvalue weighted by atomic mass is 9.97. The number of carbonyl (C=O) groups excluding carboxylic acids is 1. The summed E-state index contributed by atoms with van der Waals surface area (Å²) in [5.74, 6) is -0.753. The Bertz CT molecular complexity index is 616. The van der Waals surface area contributed by atoms with Crippen molar-refractivity contribution < 1.29 is 14.6 Å². The van der Waals surface area contributed by atoms with Crippen molar-refractivity contribution >= 4 is 5.91 Å². The molecule has 0 aliphatic carbocycles. The van der Waals surface area contributed by atoms with Crippen LogP contribution in [-0.2, 0) is 0 Å². The van der Waals surface area contributed by atoms with Gasteiger partial charge in [-0.2, -0.15) is 0 Å². The maximum absolute atomic E-state index is 12.4. The maximum Gasteiger partial charge on any atom is 0.295 e. The Labute approximate surface area is 105 Å². The number of hydrogen-bond acceptors (Lipinski definition) is 2. The van der Waals surface area contributed by atoms with Crippen LogP contribution in [0.25, 0.3) is 0 Å². The molecule has 1 aromatic heterocycles. The molecule has 0 amide bonds. The summed E-state index contributed by atoms with van der Waals surface area (Å²) in [5, 5.41) is 12.4. The average molecular weight is 242 g/mol. The zero-order valence-electron chi connectivity index (χ0n) is 10.3. The SMILES string of the molecule is Cc1cc(C)[n+]2n1C(=O)C(c1ccccc1)C2[O-]. The number of aromatic nitrogens is 2. The van der Waals surface area contributed by atoms with Crippen molar-refractivity contribution in [2.24, 2.45) is 0 Å². The van der Waals surface area contributed by atoms with Gasteiger partial charge in [0, 0.05) is 13.0 Å². The molecule has 0 spiro atoms. The van der Waals surface area contributed by atoms with Gasteiger partial charge in [-0.05, 0) is 12.5 Å². The van der Waals surface area contributed by atoms with Gasteiger partial charge in [-0.3, -0.25) is 4.79 Å². The number of benzene rings is 1. The first-order chi connectivity index (χ1) is 8.61. The van der Waals surface area contributed by atoms with E-state index in [1.54, 1.807) is 4.68 Å². The zero-order valence-corrected chi connectivity index (χ0v) is 10.3. The van der Waals surface area contributed by atoms with Crippen molar-refractivity contribution in [3.8, 4) is 0 Å². The molecule has 2 atom stereocenters. The summed E-state index contributed by atoms with van der Waals surface area (Å²) >= 11 is 0. The first-order valence-corrected chi connectivity index (χ1v) is 5.97. The molecular formula is C14H14N2O2. The summed E-state index contributed by atoms with van der Waals surface area (Å²) < 4.78 is 3.06. The lowest BCUT2D eigenvalue weighted by Crippen LogP contribution is -2.50. The molecule has 1 aromatic carbocycles. The topological polar surface area (TPSA) is 48.9 Å². The van der Waals surface area contributed by atoms with Gasteiger partial charge in [0.25, 0.3) is 5.91 Å². The molecule has 3 rings (SSSR count). The molecule has 4 heteroatoms. The quantitative estimate of drug-likeness (QED) is 0.691. The average Bonchev–Trinajstić information content (AvgIpc) is 2.79. The second-order valence-corrected chi connectivity index (χ2v) is 4.70. The third kappa shape index (κ3) is 1.36.